The highest BCUT2D eigenvalue weighted by Gasteiger charge is 2.30. The zero-order chi connectivity index (χ0) is 20.9. The zero-order valence-electron chi connectivity index (χ0n) is 17.0. The van der Waals surface area contributed by atoms with Gasteiger partial charge < -0.3 is 11.1 Å². The van der Waals surface area contributed by atoms with E-state index in [1.54, 1.807) is 0 Å². The number of unbranched alkanes of at least 4 members (excludes halogenated alkanes) is 1. The molecule has 1 amide bonds. The molecular formula is C24H27N3O2S. The molecule has 1 aliphatic carbocycles. The van der Waals surface area contributed by atoms with Crippen molar-refractivity contribution in [2.45, 2.75) is 50.5 Å². The molecule has 0 saturated heterocycles. The van der Waals surface area contributed by atoms with Crippen molar-refractivity contribution in [3.8, 4) is 0 Å². The predicted octanol–water partition coefficient (Wildman–Crippen LogP) is 4.21. The molecule has 0 saturated carbocycles. The predicted molar refractivity (Wildman–Crippen MR) is 121 cm³/mol. The SMILES string of the molecule is NCCCCC(NC(=O)C1CCCc2ccccc21)C(=O)c1nc2ccccc2s1. The van der Waals surface area contributed by atoms with Crippen LogP contribution in [-0.4, -0.2) is 29.3 Å². The monoisotopic (exact) mass is 421 g/mol. The fourth-order valence-corrected chi connectivity index (χ4v) is 5.15. The van der Waals surface area contributed by atoms with Gasteiger partial charge in [-0.2, -0.15) is 0 Å². The van der Waals surface area contributed by atoms with E-state index in [1.165, 1.54) is 16.9 Å². The maximum absolute atomic E-state index is 13.3. The third-order valence-electron chi connectivity index (χ3n) is 5.77. The zero-order valence-corrected chi connectivity index (χ0v) is 17.8. The largest absolute Gasteiger partial charge is 0.345 e. The lowest BCUT2D eigenvalue weighted by molar-refractivity contribution is -0.123. The fraction of sp³-hybridized carbons (Fsp3) is 0.375. The molecule has 6 heteroatoms. The Bertz CT molecular complexity index is 1010. The maximum atomic E-state index is 13.3. The van der Waals surface area contributed by atoms with Crippen LogP contribution in [0.3, 0.4) is 0 Å². The van der Waals surface area contributed by atoms with Crippen LogP contribution in [0, 0.1) is 0 Å². The average Bonchev–Trinajstić information content (AvgIpc) is 3.22. The van der Waals surface area contributed by atoms with Crippen molar-refractivity contribution < 1.29 is 9.59 Å². The Morgan fingerprint density at radius 2 is 1.93 bits per heavy atom. The van der Waals surface area contributed by atoms with Crippen LogP contribution in [0.25, 0.3) is 10.2 Å². The molecule has 2 atom stereocenters. The van der Waals surface area contributed by atoms with Gasteiger partial charge in [-0.3, -0.25) is 9.59 Å². The Hall–Kier alpha value is -2.57. The van der Waals surface area contributed by atoms with Gasteiger partial charge in [0.25, 0.3) is 0 Å². The van der Waals surface area contributed by atoms with E-state index < -0.39 is 6.04 Å². The average molecular weight is 422 g/mol. The second kappa shape index (κ2) is 9.49. The molecule has 0 radical (unpaired) electrons. The molecule has 0 fully saturated rings. The van der Waals surface area contributed by atoms with Crippen molar-refractivity contribution >= 4 is 33.2 Å². The van der Waals surface area contributed by atoms with Crippen molar-refractivity contribution in [2.75, 3.05) is 6.54 Å². The van der Waals surface area contributed by atoms with Crippen molar-refractivity contribution in [1.29, 1.82) is 0 Å². The van der Waals surface area contributed by atoms with Crippen LogP contribution in [0.2, 0.25) is 0 Å². The number of carbonyl (C=O) groups is 2. The molecule has 1 aliphatic rings. The summed E-state index contributed by atoms with van der Waals surface area (Å²) in [6.07, 6.45) is 4.99. The van der Waals surface area contributed by atoms with Crippen molar-refractivity contribution in [2.24, 2.45) is 5.73 Å². The fourth-order valence-electron chi connectivity index (χ4n) is 4.19. The van der Waals surface area contributed by atoms with Crippen LogP contribution in [0.15, 0.2) is 48.5 Å². The van der Waals surface area contributed by atoms with Gasteiger partial charge in [-0.25, -0.2) is 4.98 Å². The van der Waals surface area contributed by atoms with E-state index in [2.05, 4.69) is 16.4 Å². The summed E-state index contributed by atoms with van der Waals surface area (Å²) in [5.41, 5.74) is 8.79. The molecule has 30 heavy (non-hydrogen) atoms. The number of hydrogen-bond acceptors (Lipinski definition) is 5. The van der Waals surface area contributed by atoms with E-state index in [0.29, 0.717) is 18.0 Å². The van der Waals surface area contributed by atoms with Crippen LogP contribution in [-0.2, 0) is 11.2 Å². The number of ketones is 1. The molecule has 0 spiro atoms. The van der Waals surface area contributed by atoms with E-state index in [-0.39, 0.29) is 17.6 Å². The number of aromatic nitrogens is 1. The molecule has 1 aromatic heterocycles. The molecule has 5 nitrogen and oxygen atoms in total. The Kier molecular flexibility index (Phi) is 6.55. The van der Waals surface area contributed by atoms with Crippen LogP contribution < -0.4 is 11.1 Å². The number of hydrogen-bond donors (Lipinski definition) is 2. The summed E-state index contributed by atoms with van der Waals surface area (Å²) in [5, 5.41) is 3.52. The quantitative estimate of drug-likeness (QED) is 0.421. The minimum Gasteiger partial charge on any atom is -0.345 e. The highest BCUT2D eigenvalue weighted by molar-refractivity contribution is 7.20. The molecule has 2 aromatic carbocycles. The van der Waals surface area contributed by atoms with E-state index in [1.807, 2.05) is 42.5 Å². The van der Waals surface area contributed by atoms with Crippen molar-refractivity contribution in [1.82, 2.24) is 10.3 Å². The lowest BCUT2D eigenvalue weighted by Crippen LogP contribution is -2.43. The molecule has 0 bridgehead atoms. The van der Waals surface area contributed by atoms with E-state index >= 15 is 0 Å². The standard InChI is InChI=1S/C24H27N3O2S/c25-15-6-5-13-20(22(28)24-27-19-12-3-4-14-21(19)30-24)26-23(29)18-11-7-9-16-8-1-2-10-17(16)18/h1-4,8,10,12,14,18,20H,5-7,9,11,13,15,25H2,(H,26,29). The molecule has 1 heterocycles. The molecule has 3 aromatic rings. The first-order chi connectivity index (χ1) is 14.7. The van der Waals surface area contributed by atoms with Gasteiger partial charge in [0.05, 0.1) is 22.2 Å². The summed E-state index contributed by atoms with van der Waals surface area (Å²) >= 11 is 1.39. The third kappa shape index (κ3) is 4.45. The number of amides is 1. The number of nitrogens with two attached hydrogens (primary N) is 1. The first-order valence-corrected chi connectivity index (χ1v) is 11.5. The van der Waals surface area contributed by atoms with Crippen molar-refractivity contribution in [3.63, 3.8) is 0 Å². The van der Waals surface area contributed by atoms with E-state index in [9.17, 15) is 9.59 Å². The molecule has 2 unspecified atom stereocenters. The molecule has 156 valence electrons. The normalized spacial score (nSPS) is 16.8. The lowest BCUT2D eigenvalue weighted by atomic mass is 9.82. The Morgan fingerprint density at radius 3 is 2.77 bits per heavy atom. The number of Topliss-reactive ketones (excluding diaryl/α,β-unsaturated/α-hetero) is 1. The third-order valence-corrected chi connectivity index (χ3v) is 6.82. The number of carbonyl (C=O) groups excluding carboxylic acids is 2. The summed E-state index contributed by atoms with van der Waals surface area (Å²) < 4.78 is 0.981. The van der Waals surface area contributed by atoms with Crippen LogP contribution >= 0.6 is 11.3 Å². The van der Waals surface area contributed by atoms with Gasteiger partial charge in [0, 0.05) is 0 Å². The Morgan fingerprint density at radius 1 is 1.13 bits per heavy atom. The van der Waals surface area contributed by atoms with Gasteiger partial charge >= 0.3 is 0 Å². The van der Waals surface area contributed by atoms with Gasteiger partial charge in [0.15, 0.2) is 5.01 Å². The smallest absolute Gasteiger partial charge is 0.228 e. The summed E-state index contributed by atoms with van der Waals surface area (Å²) in [6.45, 7) is 0.575. The Balaban J connectivity index is 1.55. The summed E-state index contributed by atoms with van der Waals surface area (Å²) in [6, 6.07) is 15.3. The first kappa shape index (κ1) is 20.7. The van der Waals surface area contributed by atoms with Crippen molar-refractivity contribution in [3.05, 3.63) is 64.7 Å². The number of para-hydroxylation sites is 1. The van der Waals surface area contributed by atoms with Crippen LogP contribution in [0.4, 0.5) is 0 Å². The number of benzene rings is 2. The summed E-state index contributed by atoms with van der Waals surface area (Å²) in [7, 11) is 0. The topological polar surface area (TPSA) is 85.1 Å². The van der Waals surface area contributed by atoms with Gasteiger partial charge in [0.1, 0.15) is 0 Å². The summed E-state index contributed by atoms with van der Waals surface area (Å²) in [4.78, 5) is 31.0. The minimum atomic E-state index is -0.571. The highest BCUT2D eigenvalue weighted by Crippen LogP contribution is 2.32. The molecular weight excluding hydrogens is 394 g/mol. The van der Waals surface area contributed by atoms with Gasteiger partial charge in [-0.1, -0.05) is 36.4 Å². The minimum absolute atomic E-state index is 0.0608. The van der Waals surface area contributed by atoms with Gasteiger partial charge in [0.2, 0.25) is 11.7 Å². The summed E-state index contributed by atoms with van der Waals surface area (Å²) in [5.74, 6) is -0.366. The number of aryl methyl sites for hydroxylation is 1. The second-order valence-electron chi connectivity index (χ2n) is 7.84. The van der Waals surface area contributed by atoms with E-state index in [4.69, 9.17) is 5.73 Å². The van der Waals surface area contributed by atoms with Gasteiger partial charge in [-0.05, 0) is 68.3 Å². The first-order valence-electron chi connectivity index (χ1n) is 10.7. The molecule has 4 rings (SSSR count). The Labute approximate surface area is 180 Å². The van der Waals surface area contributed by atoms with Gasteiger partial charge in [-0.15, -0.1) is 11.3 Å². The van der Waals surface area contributed by atoms with Crippen LogP contribution in [0.1, 0.15) is 59.0 Å². The molecule has 3 N–H and O–H groups in total. The van der Waals surface area contributed by atoms with Crippen LogP contribution in [0.5, 0.6) is 0 Å². The van der Waals surface area contributed by atoms with E-state index in [0.717, 1.165) is 47.9 Å². The second-order valence-corrected chi connectivity index (χ2v) is 8.87. The number of nitrogens with one attached hydrogen (secondary N) is 1. The number of rotatable bonds is 8. The number of fused-ring (bicyclic) bond motifs is 2. The number of thiazole rings is 1. The lowest BCUT2D eigenvalue weighted by Gasteiger charge is -2.26. The highest BCUT2D eigenvalue weighted by atomic mass is 32.1. The number of nitrogens with zero attached hydrogens (tertiary/aromatic N) is 1. The maximum Gasteiger partial charge on any atom is 0.228 e. The molecule has 0 aliphatic heterocycles.